The number of aromatic nitrogens is 2. The summed E-state index contributed by atoms with van der Waals surface area (Å²) in [6.45, 7) is 0. The number of pyridine rings is 1. The molecule has 0 aliphatic heterocycles. The van der Waals surface area contributed by atoms with Crippen LogP contribution in [0, 0.1) is 5.82 Å². The van der Waals surface area contributed by atoms with Gasteiger partial charge in [-0.3, -0.25) is 9.78 Å². The number of H-pyrrole nitrogens is 1. The maximum Gasteiger partial charge on any atom is 0.166 e. The van der Waals surface area contributed by atoms with Gasteiger partial charge < -0.3 is 4.98 Å². The van der Waals surface area contributed by atoms with Crippen LogP contribution in [-0.2, 0) is 0 Å². The van der Waals surface area contributed by atoms with Crippen LogP contribution in [0.4, 0.5) is 4.39 Å². The lowest BCUT2D eigenvalue weighted by Crippen LogP contribution is -1.78. The van der Waals surface area contributed by atoms with E-state index < -0.39 is 5.82 Å². The minimum Gasteiger partial charge on any atom is -0.351 e. The number of carbonyl (C=O) groups is 1. The minimum atomic E-state index is -0.415. The number of nitrogens with zero attached hydrogens (tertiary/aromatic N) is 1. The van der Waals surface area contributed by atoms with Gasteiger partial charge in [0.2, 0.25) is 0 Å². The molecule has 0 bridgehead atoms. The summed E-state index contributed by atoms with van der Waals surface area (Å²) < 4.78 is 12.6. The third kappa shape index (κ3) is 0.972. The van der Waals surface area contributed by atoms with Crippen molar-refractivity contribution in [1.82, 2.24) is 9.97 Å². The number of carbonyl (C=O) groups excluding carboxylic acids is 1. The highest BCUT2D eigenvalue weighted by molar-refractivity contribution is 5.85. The van der Waals surface area contributed by atoms with Crippen molar-refractivity contribution in [2.45, 2.75) is 0 Å². The normalized spacial score (nSPS) is 10.4. The van der Waals surface area contributed by atoms with Gasteiger partial charge in [0.1, 0.15) is 5.82 Å². The molecule has 0 fully saturated rings. The Morgan fingerprint density at radius 3 is 3.08 bits per heavy atom. The van der Waals surface area contributed by atoms with Gasteiger partial charge in [0.25, 0.3) is 0 Å². The van der Waals surface area contributed by atoms with Crippen molar-refractivity contribution in [3.63, 3.8) is 0 Å². The van der Waals surface area contributed by atoms with Crippen LogP contribution in [0.5, 0.6) is 0 Å². The molecule has 60 valence electrons. The van der Waals surface area contributed by atoms with E-state index in [0.717, 1.165) is 6.20 Å². The van der Waals surface area contributed by atoms with Crippen LogP contribution in [-0.4, -0.2) is 16.3 Å². The maximum atomic E-state index is 12.6. The Labute approximate surface area is 67.2 Å². The number of aromatic amines is 1. The molecule has 0 spiro atoms. The Kier molecular flexibility index (Phi) is 1.40. The Bertz CT molecular complexity index is 436. The fraction of sp³-hybridized carbons (Fsp3) is 0. The van der Waals surface area contributed by atoms with Crippen LogP contribution in [0.15, 0.2) is 18.3 Å². The number of aldehydes is 1. The average Bonchev–Trinajstić information content (AvgIpc) is 2.46. The maximum absolute atomic E-state index is 12.6. The SMILES string of the molecule is O=Cc1cc2ncc(F)cc2[nH]1. The van der Waals surface area contributed by atoms with Crippen LogP contribution in [0.2, 0.25) is 0 Å². The van der Waals surface area contributed by atoms with E-state index >= 15 is 0 Å². The molecule has 0 radical (unpaired) electrons. The Morgan fingerprint density at radius 2 is 2.33 bits per heavy atom. The van der Waals surface area contributed by atoms with Crippen molar-refractivity contribution in [2.24, 2.45) is 0 Å². The van der Waals surface area contributed by atoms with Crippen LogP contribution < -0.4 is 0 Å². The summed E-state index contributed by atoms with van der Waals surface area (Å²) in [5.41, 5.74) is 1.54. The van der Waals surface area contributed by atoms with Crippen molar-refractivity contribution in [1.29, 1.82) is 0 Å². The molecule has 2 aromatic rings. The van der Waals surface area contributed by atoms with Crippen LogP contribution in [0.25, 0.3) is 11.0 Å². The molecule has 0 aromatic carbocycles. The largest absolute Gasteiger partial charge is 0.351 e. The quantitative estimate of drug-likeness (QED) is 0.649. The molecule has 0 amide bonds. The molecule has 0 saturated heterocycles. The van der Waals surface area contributed by atoms with Crippen LogP contribution in [0.3, 0.4) is 0 Å². The first-order chi connectivity index (χ1) is 5.79. The van der Waals surface area contributed by atoms with E-state index in [0.29, 0.717) is 23.0 Å². The average molecular weight is 164 g/mol. The predicted octanol–water partition coefficient (Wildman–Crippen LogP) is 1.51. The summed E-state index contributed by atoms with van der Waals surface area (Å²) in [4.78, 5) is 16.8. The second-order valence-electron chi connectivity index (χ2n) is 2.43. The van der Waals surface area contributed by atoms with Gasteiger partial charge in [0, 0.05) is 6.07 Å². The summed E-state index contributed by atoms with van der Waals surface area (Å²) >= 11 is 0. The van der Waals surface area contributed by atoms with E-state index in [-0.39, 0.29) is 0 Å². The third-order valence-electron chi connectivity index (χ3n) is 1.58. The molecule has 4 heteroatoms. The van der Waals surface area contributed by atoms with Gasteiger partial charge >= 0.3 is 0 Å². The zero-order chi connectivity index (χ0) is 8.55. The lowest BCUT2D eigenvalue weighted by Gasteiger charge is -1.86. The van der Waals surface area contributed by atoms with Gasteiger partial charge in [0.15, 0.2) is 6.29 Å². The van der Waals surface area contributed by atoms with Crippen molar-refractivity contribution >= 4 is 17.3 Å². The molecule has 0 unspecified atom stereocenters. The van der Waals surface area contributed by atoms with Gasteiger partial charge in [-0.1, -0.05) is 0 Å². The number of fused-ring (bicyclic) bond motifs is 1. The van der Waals surface area contributed by atoms with E-state index in [1.165, 1.54) is 6.07 Å². The van der Waals surface area contributed by atoms with E-state index in [4.69, 9.17) is 0 Å². The Balaban J connectivity index is 2.75. The zero-order valence-electron chi connectivity index (χ0n) is 6.04. The highest BCUT2D eigenvalue weighted by Gasteiger charge is 2.01. The smallest absolute Gasteiger partial charge is 0.166 e. The number of nitrogens with one attached hydrogen (secondary N) is 1. The van der Waals surface area contributed by atoms with Crippen molar-refractivity contribution in [2.75, 3.05) is 0 Å². The van der Waals surface area contributed by atoms with E-state index in [9.17, 15) is 9.18 Å². The number of hydrogen-bond donors (Lipinski definition) is 1. The summed E-state index contributed by atoms with van der Waals surface area (Å²) in [5, 5.41) is 0. The lowest BCUT2D eigenvalue weighted by atomic mass is 10.4. The summed E-state index contributed by atoms with van der Waals surface area (Å²) in [6, 6.07) is 2.87. The summed E-state index contributed by atoms with van der Waals surface area (Å²) in [6.07, 6.45) is 1.78. The van der Waals surface area contributed by atoms with Gasteiger partial charge in [-0.15, -0.1) is 0 Å². The van der Waals surface area contributed by atoms with Gasteiger partial charge in [-0.2, -0.15) is 0 Å². The monoisotopic (exact) mass is 164 g/mol. The molecule has 2 heterocycles. The highest BCUT2D eigenvalue weighted by Crippen LogP contribution is 2.12. The van der Waals surface area contributed by atoms with Gasteiger partial charge in [0.05, 0.1) is 22.9 Å². The zero-order valence-corrected chi connectivity index (χ0v) is 6.04. The standard InChI is InChI=1S/C8H5FN2O/c9-5-1-8-7(10-3-5)2-6(4-12)11-8/h1-4,11H. The van der Waals surface area contributed by atoms with Crippen molar-refractivity contribution in [3.8, 4) is 0 Å². The Morgan fingerprint density at radius 1 is 1.50 bits per heavy atom. The number of hydrogen-bond acceptors (Lipinski definition) is 2. The fourth-order valence-electron chi connectivity index (χ4n) is 1.07. The Hall–Kier alpha value is -1.71. The van der Waals surface area contributed by atoms with Crippen LogP contribution >= 0.6 is 0 Å². The molecule has 12 heavy (non-hydrogen) atoms. The van der Waals surface area contributed by atoms with Crippen LogP contribution in [0.1, 0.15) is 10.5 Å². The summed E-state index contributed by atoms with van der Waals surface area (Å²) in [5.74, 6) is -0.415. The van der Waals surface area contributed by atoms with Gasteiger partial charge in [-0.25, -0.2) is 4.39 Å². The molecule has 0 aliphatic rings. The van der Waals surface area contributed by atoms with Crippen molar-refractivity contribution in [3.05, 3.63) is 29.8 Å². The predicted molar refractivity (Wildman–Crippen MR) is 41.4 cm³/mol. The molecule has 0 aliphatic carbocycles. The first-order valence-electron chi connectivity index (χ1n) is 3.39. The highest BCUT2D eigenvalue weighted by atomic mass is 19.1. The van der Waals surface area contributed by atoms with Gasteiger partial charge in [-0.05, 0) is 6.07 Å². The molecule has 2 aromatic heterocycles. The van der Waals surface area contributed by atoms with Crippen molar-refractivity contribution < 1.29 is 9.18 Å². The molecule has 2 rings (SSSR count). The molecular weight excluding hydrogens is 159 g/mol. The molecular formula is C8H5FN2O. The van der Waals surface area contributed by atoms with E-state index in [2.05, 4.69) is 9.97 Å². The molecule has 0 saturated carbocycles. The number of rotatable bonds is 1. The first-order valence-corrected chi connectivity index (χ1v) is 3.39. The topological polar surface area (TPSA) is 45.8 Å². The minimum absolute atomic E-state index is 0.406. The lowest BCUT2D eigenvalue weighted by molar-refractivity contribution is 0.112. The summed E-state index contributed by atoms with van der Waals surface area (Å²) in [7, 11) is 0. The third-order valence-corrected chi connectivity index (χ3v) is 1.58. The molecule has 1 N–H and O–H groups in total. The molecule has 3 nitrogen and oxygen atoms in total. The van der Waals surface area contributed by atoms with E-state index in [1.807, 2.05) is 0 Å². The number of halogens is 1. The second-order valence-corrected chi connectivity index (χ2v) is 2.43. The fourth-order valence-corrected chi connectivity index (χ4v) is 1.07. The first kappa shape index (κ1) is 6.97. The second kappa shape index (κ2) is 2.41. The van der Waals surface area contributed by atoms with E-state index in [1.54, 1.807) is 6.07 Å². The molecule has 0 atom stereocenters.